The van der Waals surface area contributed by atoms with Gasteiger partial charge in [-0.15, -0.1) is 0 Å². The monoisotopic (exact) mass is 344 g/mol. The minimum atomic E-state index is -4.32. The van der Waals surface area contributed by atoms with E-state index in [1.165, 1.54) is 6.07 Å². The number of rotatable bonds is 4. The average molecular weight is 345 g/mol. The van der Waals surface area contributed by atoms with E-state index < -0.39 is 11.7 Å². The first-order valence-corrected chi connectivity index (χ1v) is 6.75. The van der Waals surface area contributed by atoms with Crippen molar-refractivity contribution in [3.8, 4) is 0 Å². The molecule has 1 heterocycles. The molecule has 0 aliphatic rings. The maximum atomic E-state index is 12.5. The van der Waals surface area contributed by atoms with Gasteiger partial charge in [-0.05, 0) is 58.2 Å². The third-order valence-electron chi connectivity index (χ3n) is 2.77. The second-order valence-electron chi connectivity index (χ2n) is 4.22. The number of pyridine rings is 1. The SMILES string of the molecule is FC(F)(F)c1ccc(NCCc2ccncc2)c(Br)c1. The normalized spacial score (nSPS) is 11.4. The van der Waals surface area contributed by atoms with Crippen molar-refractivity contribution in [3.05, 3.63) is 58.3 Å². The molecule has 1 aromatic carbocycles. The Morgan fingerprint density at radius 3 is 2.40 bits per heavy atom. The molecule has 1 N–H and O–H groups in total. The number of hydrogen-bond acceptors (Lipinski definition) is 2. The zero-order valence-corrected chi connectivity index (χ0v) is 12.0. The molecule has 0 aliphatic carbocycles. The molecule has 0 unspecified atom stereocenters. The van der Waals surface area contributed by atoms with E-state index in [-0.39, 0.29) is 0 Å². The standard InChI is InChI=1S/C14H12BrF3N2/c15-12-9-11(14(16,17)18)1-2-13(12)20-8-5-10-3-6-19-7-4-10/h1-4,6-7,9,20H,5,8H2. The summed E-state index contributed by atoms with van der Waals surface area (Å²) in [4.78, 5) is 3.92. The van der Waals surface area contributed by atoms with Gasteiger partial charge in [-0.3, -0.25) is 4.98 Å². The lowest BCUT2D eigenvalue weighted by Crippen LogP contribution is -2.08. The van der Waals surface area contributed by atoms with Crippen molar-refractivity contribution in [3.63, 3.8) is 0 Å². The number of hydrogen-bond donors (Lipinski definition) is 1. The molecule has 0 spiro atoms. The summed E-state index contributed by atoms with van der Waals surface area (Å²) in [7, 11) is 0. The van der Waals surface area contributed by atoms with Crippen molar-refractivity contribution in [2.75, 3.05) is 11.9 Å². The predicted octanol–water partition coefficient (Wildman–Crippen LogP) is 4.52. The summed E-state index contributed by atoms with van der Waals surface area (Å²) in [5, 5.41) is 3.11. The van der Waals surface area contributed by atoms with Crippen LogP contribution in [0.3, 0.4) is 0 Å². The van der Waals surface area contributed by atoms with Crippen LogP contribution in [-0.4, -0.2) is 11.5 Å². The molecule has 0 radical (unpaired) electrons. The topological polar surface area (TPSA) is 24.9 Å². The van der Waals surface area contributed by atoms with E-state index in [9.17, 15) is 13.2 Å². The molecular weight excluding hydrogens is 333 g/mol. The summed E-state index contributed by atoms with van der Waals surface area (Å²) in [6.45, 7) is 0.633. The van der Waals surface area contributed by atoms with Gasteiger partial charge in [-0.1, -0.05) is 0 Å². The van der Waals surface area contributed by atoms with E-state index in [1.807, 2.05) is 12.1 Å². The van der Waals surface area contributed by atoms with Crippen molar-refractivity contribution in [1.82, 2.24) is 4.98 Å². The number of nitrogens with one attached hydrogen (secondary N) is 1. The van der Waals surface area contributed by atoms with Gasteiger partial charge < -0.3 is 5.32 Å². The Morgan fingerprint density at radius 2 is 1.80 bits per heavy atom. The molecule has 0 atom stereocenters. The third kappa shape index (κ3) is 3.96. The van der Waals surface area contributed by atoms with Crippen LogP contribution in [0.4, 0.5) is 18.9 Å². The number of alkyl halides is 3. The number of benzene rings is 1. The molecule has 1 aromatic heterocycles. The number of aromatic nitrogens is 1. The van der Waals surface area contributed by atoms with E-state index in [2.05, 4.69) is 26.2 Å². The molecule has 6 heteroatoms. The lowest BCUT2D eigenvalue weighted by Gasteiger charge is -2.12. The van der Waals surface area contributed by atoms with Crippen LogP contribution in [0.1, 0.15) is 11.1 Å². The highest BCUT2D eigenvalue weighted by Crippen LogP contribution is 2.33. The van der Waals surface area contributed by atoms with Gasteiger partial charge in [0.25, 0.3) is 0 Å². The number of anilines is 1. The van der Waals surface area contributed by atoms with Crippen LogP contribution in [0.2, 0.25) is 0 Å². The van der Waals surface area contributed by atoms with Crippen LogP contribution in [0.15, 0.2) is 47.2 Å². The molecule has 0 fully saturated rings. The highest BCUT2D eigenvalue weighted by Gasteiger charge is 2.30. The molecular formula is C14H12BrF3N2. The first-order valence-electron chi connectivity index (χ1n) is 5.96. The van der Waals surface area contributed by atoms with Gasteiger partial charge >= 0.3 is 6.18 Å². The van der Waals surface area contributed by atoms with Crippen molar-refractivity contribution < 1.29 is 13.2 Å². The van der Waals surface area contributed by atoms with Crippen LogP contribution in [0.25, 0.3) is 0 Å². The van der Waals surface area contributed by atoms with Crippen molar-refractivity contribution in [1.29, 1.82) is 0 Å². The second kappa shape index (κ2) is 6.26. The summed E-state index contributed by atoms with van der Waals surface area (Å²) in [6.07, 6.45) is -0.124. The van der Waals surface area contributed by atoms with Gasteiger partial charge in [0.05, 0.1) is 5.56 Å². The minimum absolute atomic E-state index is 0.405. The molecule has 2 nitrogen and oxygen atoms in total. The summed E-state index contributed by atoms with van der Waals surface area (Å²) in [5.74, 6) is 0. The molecule has 106 valence electrons. The lowest BCUT2D eigenvalue weighted by atomic mass is 10.2. The summed E-state index contributed by atoms with van der Waals surface area (Å²) in [5.41, 5.74) is 1.10. The molecule has 2 rings (SSSR count). The first kappa shape index (κ1) is 14.8. The largest absolute Gasteiger partial charge is 0.416 e. The Hall–Kier alpha value is -1.56. The van der Waals surface area contributed by atoms with Crippen LogP contribution >= 0.6 is 15.9 Å². The maximum Gasteiger partial charge on any atom is 0.416 e. The zero-order valence-electron chi connectivity index (χ0n) is 10.4. The Labute approximate surface area is 123 Å². The van der Waals surface area contributed by atoms with Crippen LogP contribution in [0.5, 0.6) is 0 Å². The van der Waals surface area contributed by atoms with Gasteiger partial charge in [0.1, 0.15) is 0 Å². The summed E-state index contributed by atoms with van der Waals surface area (Å²) < 4.78 is 38.0. The molecule has 0 amide bonds. The lowest BCUT2D eigenvalue weighted by molar-refractivity contribution is -0.137. The van der Waals surface area contributed by atoms with Gasteiger partial charge in [0.2, 0.25) is 0 Å². The van der Waals surface area contributed by atoms with E-state index in [4.69, 9.17) is 0 Å². The van der Waals surface area contributed by atoms with Gasteiger partial charge in [0.15, 0.2) is 0 Å². The number of nitrogens with zero attached hydrogens (tertiary/aromatic N) is 1. The fourth-order valence-corrected chi connectivity index (χ4v) is 2.24. The van der Waals surface area contributed by atoms with Crippen LogP contribution in [-0.2, 0) is 12.6 Å². The highest BCUT2D eigenvalue weighted by atomic mass is 79.9. The van der Waals surface area contributed by atoms with E-state index in [0.29, 0.717) is 16.7 Å². The average Bonchev–Trinajstić information content (AvgIpc) is 2.40. The maximum absolute atomic E-state index is 12.5. The van der Waals surface area contributed by atoms with E-state index in [1.54, 1.807) is 12.4 Å². The van der Waals surface area contributed by atoms with Gasteiger partial charge in [0, 0.05) is 29.1 Å². The second-order valence-corrected chi connectivity index (χ2v) is 5.08. The Kier molecular flexibility index (Phi) is 4.65. The number of halogens is 4. The smallest absolute Gasteiger partial charge is 0.384 e. The van der Waals surface area contributed by atoms with Crippen molar-refractivity contribution >= 4 is 21.6 Å². The van der Waals surface area contributed by atoms with Gasteiger partial charge in [-0.2, -0.15) is 13.2 Å². The first-order chi connectivity index (χ1) is 9.47. The third-order valence-corrected chi connectivity index (χ3v) is 3.43. The van der Waals surface area contributed by atoms with Crippen LogP contribution < -0.4 is 5.32 Å². The Balaban J connectivity index is 1.97. The Bertz CT molecular complexity index is 570. The molecule has 0 aliphatic heterocycles. The molecule has 2 aromatic rings. The molecule has 0 bridgehead atoms. The predicted molar refractivity (Wildman–Crippen MR) is 75.6 cm³/mol. The Morgan fingerprint density at radius 1 is 1.10 bits per heavy atom. The zero-order chi connectivity index (χ0) is 14.6. The van der Waals surface area contributed by atoms with E-state index in [0.717, 1.165) is 24.1 Å². The fraction of sp³-hybridized carbons (Fsp3) is 0.214. The summed E-state index contributed by atoms with van der Waals surface area (Å²) in [6, 6.07) is 7.39. The fourth-order valence-electron chi connectivity index (χ4n) is 1.73. The molecule has 0 saturated heterocycles. The minimum Gasteiger partial charge on any atom is -0.384 e. The van der Waals surface area contributed by atoms with Crippen molar-refractivity contribution in [2.24, 2.45) is 0 Å². The molecule has 0 saturated carbocycles. The van der Waals surface area contributed by atoms with Crippen LogP contribution in [0, 0.1) is 0 Å². The van der Waals surface area contributed by atoms with Crippen molar-refractivity contribution in [2.45, 2.75) is 12.6 Å². The molecule has 20 heavy (non-hydrogen) atoms. The summed E-state index contributed by atoms with van der Waals surface area (Å²) >= 11 is 3.15. The highest BCUT2D eigenvalue weighted by molar-refractivity contribution is 9.10. The van der Waals surface area contributed by atoms with E-state index >= 15 is 0 Å². The van der Waals surface area contributed by atoms with Gasteiger partial charge in [-0.25, -0.2) is 0 Å². The quantitative estimate of drug-likeness (QED) is 0.882.